The molecule has 26 nitrogen and oxygen atoms in total. The molecule has 7 aliphatic rings. The predicted molar refractivity (Wildman–Crippen MR) is 528 cm³/mol. The first-order chi connectivity index (χ1) is 66.1. The monoisotopic (exact) mass is 1940 g/mol. The molecule has 7 heterocycles. The zero-order valence-corrected chi connectivity index (χ0v) is 82.6. The molecule has 0 spiro atoms. The average Bonchev–Trinajstić information content (AvgIpc) is 1.52. The van der Waals surface area contributed by atoms with Crippen LogP contribution in [0.1, 0.15) is 242 Å². The number of rotatable bonds is 44. The number of allylic oxidation sites excluding steroid dienone is 12. The van der Waals surface area contributed by atoms with Gasteiger partial charge in [-0.2, -0.15) is 9.15 Å². The van der Waals surface area contributed by atoms with Gasteiger partial charge in [-0.1, -0.05) is 213 Å². The number of ether oxygens (including phenoxy) is 4. The second-order valence-electron chi connectivity index (χ2n) is 38.6. The molecule has 6 aromatic carbocycles. The Hall–Kier alpha value is -10.6. The van der Waals surface area contributed by atoms with Crippen molar-refractivity contribution in [2.75, 3.05) is 63.3 Å². The highest BCUT2D eigenvalue weighted by Crippen LogP contribution is 2.50. The van der Waals surface area contributed by atoms with Crippen LogP contribution in [0.15, 0.2) is 218 Å². The first-order valence-corrected chi connectivity index (χ1v) is 48.9. The van der Waals surface area contributed by atoms with E-state index in [0.29, 0.717) is 43.8 Å². The molecule has 11 N–H and O–H groups in total. The summed E-state index contributed by atoms with van der Waals surface area (Å²) < 4.78 is 55.6. The van der Waals surface area contributed by atoms with Crippen LogP contribution in [0.3, 0.4) is 0 Å². The van der Waals surface area contributed by atoms with E-state index in [2.05, 4.69) is 252 Å². The molecule has 752 valence electrons. The number of alkyl halides is 2. The Labute approximate surface area is 822 Å². The number of imide groups is 1. The summed E-state index contributed by atoms with van der Waals surface area (Å²) in [6, 6.07) is 45.7. The molecule has 6 aromatic rings. The van der Waals surface area contributed by atoms with Crippen LogP contribution in [-0.2, 0) is 64.7 Å². The lowest BCUT2D eigenvalue weighted by Crippen LogP contribution is -3.00. The van der Waals surface area contributed by atoms with E-state index in [1.807, 2.05) is 0 Å². The van der Waals surface area contributed by atoms with Crippen molar-refractivity contribution in [3.63, 3.8) is 0 Å². The van der Waals surface area contributed by atoms with Crippen molar-refractivity contribution >= 4 is 69.4 Å². The third-order valence-corrected chi connectivity index (χ3v) is 27.3. The van der Waals surface area contributed by atoms with E-state index in [-0.39, 0.29) is 94.7 Å². The molecule has 0 aliphatic carbocycles. The van der Waals surface area contributed by atoms with Gasteiger partial charge < -0.3 is 97.9 Å². The van der Waals surface area contributed by atoms with Gasteiger partial charge in [-0.25, -0.2) is 13.6 Å². The molecule has 3 amide bonds. The summed E-state index contributed by atoms with van der Waals surface area (Å²) in [6.45, 7) is 20.0. The fourth-order valence-corrected chi connectivity index (χ4v) is 19.2. The number of unbranched alkanes of at least 4 members (excludes halogenated alkanes) is 12. The zero-order valence-electron chi connectivity index (χ0n) is 81.9. The molecule has 139 heavy (non-hydrogen) atoms. The molecular formula is C110H143ClF2N7O19+. The minimum Gasteiger partial charge on any atom is -1.00 e. The summed E-state index contributed by atoms with van der Waals surface area (Å²) in [5, 5.41) is 81.9. The predicted octanol–water partition coefficient (Wildman–Crippen LogP) is 12.4. The minimum atomic E-state index is -1.79. The van der Waals surface area contributed by atoms with Crippen molar-refractivity contribution in [3.8, 4) is 11.5 Å². The Balaban J connectivity index is 0.000000231. The molecule has 12 atom stereocenters. The summed E-state index contributed by atoms with van der Waals surface area (Å²) in [7, 11) is 4.27. The van der Waals surface area contributed by atoms with Crippen LogP contribution in [0.5, 0.6) is 11.5 Å². The number of nitrogens with zero attached hydrogens (tertiary/aromatic N) is 5. The number of carbonyl (C=O) groups excluding carboxylic acids is 6. The minimum absolute atomic E-state index is 0. The van der Waals surface area contributed by atoms with Gasteiger partial charge in [-0.15, -0.1) is 5.06 Å². The molecule has 0 radical (unpaired) electrons. The van der Waals surface area contributed by atoms with E-state index < -0.39 is 116 Å². The van der Waals surface area contributed by atoms with Gasteiger partial charge in [0.05, 0.1) is 24.0 Å². The Morgan fingerprint density at radius 2 is 0.820 bits per heavy atom. The van der Waals surface area contributed by atoms with Crippen molar-refractivity contribution < 1.29 is 124 Å². The number of halogens is 3. The highest BCUT2D eigenvalue weighted by atomic mass is 35.5. The fraction of sp³-hybridized carbons (Fsp3) is 0.491. The number of hydroxylamine groups is 2. The second kappa shape index (κ2) is 51.7. The van der Waals surface area contributed by atoms with E-state index in [4.69, 9.17) is 29.5 Å². The van der Waals surface area contributed by atoms with Crippen molar-refractivity contribution in [3.05, 3.63) is 251 Å². The maximum Gasteiger partial charge on any atom is 0.333 e. The van der Waals surface area contributed by atoms with Crippen LogP contribution in [0.2, 0.25) is 0 Å². The lowest BCUT2D eigenvalue weighted by molar-refractivity contribution is -0.401. The number of para-hydroxylation sites is 4. The van der Waals surface area contributed by atoms with Gasteiger partial charge in [0.15, 0.2) is 35.3 Å². The Kier molecular flexibility index (Phi) is 41.1. The number of carbonyl (C=O) groups is 6. The second-order valence-corrected chi connectivity index (χ2v) is 38.6. The van der Waals surface area contributed by atoms with Gasteiger partial charge in [0, 0.05) is 127 Å². The Morgan fingerprint density at radius 1 is 0.453 bits per heavy atom. The summed E-state index contributed by atoms with van der Waals surface area (Å²) in [6.07, 6.45) is 18.7. The third kappa shape index (κ3) is 27.6. The highest BCUT2D eigenvalue weighted by molar-refractivity contribution is 6.04. The molecule has 13 rings (SSSR count). The van der Waals surface area contributed by atoms with Gasteiger partial charge in [0.1, 0.15) is 74.4 Å². The van der Waals surface area contributed by atoms with Gasteiger partial charge in [-0.05, 0) is 156 Å². The molecule has 12 unspecified atom stereocenters. The van der Waals surface area contributed by atoms with Crippen LogP contribution in [-0.4, -0.2) is 217 Å². The average molecular weight is 1940 g/mol. The smallest absolute Gasteiger partial charge is 0.333 e. The molecule has 7 aliphatic heterocycles. The quantitative estimate of drug-likeness (QED) is 0.00735. The van der Waals surface area contributed by atoms with Crippen LogP contribution < -0.4 is 42.7 Å². The van der Waals surface area contributed by atoms with Crippen molar-refractivity contribution in [2.45, 2.75) is 292 Å². The SMILES string of the molecule is C[N+]1=C(C=CC=CC=C2N(CCCCCC(=O)NCCCCCCCC(=O)C(F)c3ccc(OC4OC(CO)C(O)C(O)C4O)cc3)c3ccccc3C2(C)C)C(C)(C)c2ccccc21.C[N+]1=C(C=CC=CC=C2N(CCCCCC(=O)ON3C(=O)CCC3=O)c3ccccc3C2(C)C)C(C)(C)c2ccccc21.NCCCCCCCC(=O)C(F)c1ccc(OC2OC(CO)C(O)C(O)C2O)cc1.[Cl-]. The summed E-state index contributed by atoms with van der Waals surface area (Å²) in [5.74, 6) is -1.95. The van der Waals surface area contributed by atoms with E-state index in [1.54, 1.807) is 0 Å². The van der Waals surface area contributed by atoms with E-state index in [9.17, 15) is 78.4 Å². The first kappa shape index (κ1) is 110. The topological polar surface area (TPSA) is 364 Å². The maximum atomic E-state index is 15.0. The van der Waals surface area contributed by atoms with E-state index in [0.717, 1.165) is 96.6 Å². The van der Waals surface area contributed by atoms with Crippen LogP contribution >= 0.6 is 0 Å². The van der Waals surface area contributed by atoms with Crippen molar-refractivity contribution in [1.82, 2.24) is 10.4 Å². The van der Waals surface area contributed by atoms with Gasteiger partial charge in [-0.3, -0.25) is 24.0 Å². The number of amides is 3. The van der Waals surface area contributed by atoms with Crippen molar-refractivity contribution in [1.29, 1.82) is 0 Å². The molecule has 0 bridgehead atoms. The van der Waals surface area contributed by atoms with Gasteiger partial charge in [0.25, 0.3) is 11.8 Å². The number of ketones is 2. The largest absolute Gasteiger partial charge is 1.00 e. The van der Waals surface area contributed by atoms with Crippen molar-refractivity contribution in [2.24, 2.45) is 5.73 Å². The van der Waals surface area contributed by atoms with Crippen LogP contribution in [0.25, 0.3) is 0 Å². The number of Topliss-reactive ketones (excluding diaryl/α,β-unsaturated/α-hetero) is 2. The van der Waals surface area contributed by atoms with Gasteiger partial charge in [0.2, 0.25) is 29.9 Å². The third-order valence-electron chi connectivity index (χ3n) is 27.3. The number of anilines is 2. The zero-order chi connectivity index (χ0) is 99.6. The number of aliphatic hydroxyl groups is 8. The lowest BCUT2D eigenvalue weighted by atomic mass is 9.81. The number of hydrogen-bond acceptors (Lipinski definition) is 22. The molecule has 0 saturated carbocycles. The number of aliphatic hydroxyl groups excluding tert-OH is 8. The maximum absolute atomic E-state index is 15.0. The molecule has 3 saturated heterocycles. The summed E-state index contributed by atoms with van der Waals surface area (Å²) >= 11 is 0. The highest BCUT2D eigenvalue weighted by Gasteiger charge is 2.49. The Bertz CT molecular complexity index is 5380. The number of nitrogens with one attached hydrogen (secondary N) is 1. The Morgan fingerprint density at radius 3 is 1.23 bits per heavy atom. The number of benzene rings is 6. The molecular weight excluding hydrogens is 1800 g/mol. The normalized spacial score (nSPS) is 23.0. The first-order valence-electron chi connectivity index (χ1n) is 48.9. The summed E-state index contributed by atoms with van der Waals surface area (Å²) in [5.41, 5.74) is 20.7. The van der Waals surface area contributed by atoms with Gasteiger partial charge >= 0.3 is 5.97 Å². The molecule has 3 fully saturated rings. The standard InChI is InChI=1S/C53H68FN3O8.C36H42N3O4.C21H32FNO7.ClH/c1-52(2)38-21-15-17-23-40(38)56(5)44(52)26-12-9-13-27-45-53(3,4)39-22-16-18-24-41(39)57(45)34-20-10-14-28-46(60)55-33-19-8-6-7-11-25-42(59)47(54)36-29-31-37(32-30-36)64-51-50(63)49(62)48(61)43(35-58)65-51;1-35(2)26-16-11-13-18-28(26)37(5)30(35)20-8-6-9-21-31-36(3,4)27-17-12-14-19-29(27)38(31)25-15-7-10-22-34(42)43-39-32(40)23-24-33(39)41;22-17(15(25)6-4-2-1-3-5-11-23)13-7-9-14(10-8-13)29-21-20(28)19(27)18(26)16(12-24)30-21;/h9,12-13,15-18,21-24,26-27,29-32,43,47-51,58,61-63H,6-8,10-11,14,19-20,25,28,33-35H2,1-5H3;6,8-9,11-14,16-21H,7,10,15,22-25H2,1-5H3;7-10,16-21,24,26-28H,1-6,11-12,23H2;1H/q;+1;;. The van der Waals surface area contributed by atoms with Crippen LogP contribution in [0, 0.1) is 0 Å². The molecule has 0 aromatic heterocycles. The summed E-state index contributed by atoms with van der Waals surface area (Å²) in [4.78, 5) is 82.6. The van der Waals surface area contributed by atoms with E-state index in [1.165, 1.54) is 116 Å². The number of hydrogen-bond donors (Lipinski definition) is 10. The lowest BCUT2D eigenvalue weighted by Gasteiger charge is -2.39. The number of nitrogens with two attached hydrogens (primary N) is 1. The molecule has 29 heteroatoms. The number of fused-ring (bicyclic) bond motifs is 4. The van der Waals surface area contributed by atoms with E-state index >= 15 is 0 Å². The van der Waals surface area contributed by atoms with Crippen LogP contribution in [0.4, 0.5) is 31.5 Å². The fourth-order valence-electron chi connectivity index (χ4n) is 19.2.